The molecule has 0 aromatic heterocycles. The van der Waals surface area contributed by atoms with Gasteiger partial charge in [0.1, 0.15) is 12.6 Å². The van der Waals surface area contributed by atoms with Crippen molar-refractivity contribution < 1.29 is 18.0 Å². The van der Waals surface area contributed by atoms with Crippen molar-refractivity contribution in [2.24, 2.45) is 0 Å². The number of carbonyl (C=O) groups excluding carboxylic acids is 2. The smallest absolute Gasteiger partial charge is 0.264 e. The molecule has 4 rings (SSSR count). The average Bonchev–Trinajstić information content (AvgIpc) is 3.45. The van der Waals surface area contributed by atoms with Crippen LogP contribution in [0.3, 0.4) is 0 Å². The number of aryl methyl sites for hydroxylation is 1. The molecule has 0 saturated heterocycles. The van der Waals surface area contributed by atoms with E-state index >= 15 is 0 Å². The molecule has 0 unspecified atom stereocenters. The van der Waals surface area contributed by atoms with Crippen molar-refractivity contribution in [3.8, 4) is 0 Å². The van der Waals surface area contributed by atoms with E-state index in [9.17, 15) is 18.0 Å². The van der Waals surface area contributed by atoms with Crippen LogP contribution in [0.25, 0.3) is 0 Å². The number of amides is 2. The predicted molar refractivity (Wildman–Crippen MR) is 169 cm³/mol. The largest absolute Gasteiger partial charge is 0.352 e. The van der Waals surface area contributed by atoms with E-state index in [-0.39, 0.29) is 23.4 Å². The molecule has 2 amide bonds. The highest BCUT2D eigenvalue weighted by molar-refractivity contribution is 7.92. The summed E-state index contributed by atoms with van der Waals surface area (Å²) in [5.74, 6) is -0.820. The number of benzene rings is 3. The van der Waals surface area contributed by atoms with Crippen molar-refractivity contribution in [2.45, 2.75) is 69.5 Å². The van der Waals surface area contributed by atoms with Gasteiger partial charge in [0.2, 0.25) is 11.8 Å². The molecule has 0 aliphatic heterocycles. The molecule has 0 spiro atoms. The van der Waals surface area contributed by atoms with Gasteiger partial charge in [-0.3, -0.25) is 13.9 Å². The first kappa shape index (κ1) is 32.1. The number of hydrogen-bond donors (Lipinski definition) is 1. The summed E-state index contributed by atoms with van der Waals surface area (Å²) in [6.07, 6.45) is 4.18. The zero-order chi connectivity index (χ0) is 30.4. The van der Waals surface area contributed by atoms with Gasteiger partial charge in [0.15, 0.2) is 0 Å². The Labute approximate surface area is 262 Å². The standard InChI is InChI=1S/C31H34Cl3N3O4S/c1-3-29(31(39)35-25-8-4-5-9-25)36(19-22-11-12-24(33)18-28(22)34)30(38)20-37(26-10-6-7-21(2)17-26)42(40,41)27-15-13-23(32)14-16-27/h6-7,10-18,25,29H,3-5,8-9,19-20H2,1-2H3,(H,35,39)/t29-/m0/s1. The molecule has 1 N–H and O–H groups in total. The molecule has 7 nitrogen and oxygen atoms in total. The Bertz CT molecular complexity index is 1530. The first-order valence-electron chi connectivity index (χ1n) is 13.9. The maximum Gasteiger partial charge on any atom is 0.264 e. The minimum Gasteiger partial charge on any atom is -0.352 e. The molecule has 11 heteroatoms. The highest BCUT2D eigenvalue weighted by Crippen LogP contribution is 2.28. The molecular weight excluding hydrogens is 617 g/mol. The second-order valence-corrected chi connectivity index (χ2v) is 13.6. The molecule has 0 radical (unpaired) electrons. The summed E-state index contributed by atoms with van der Waals surface area (Å²) in [6.45, 7) is 3.13. The van der Waals surface area contributed by atoms with Crippen molar-refractivity contribution in [1.29, 1.82) is 0 Å². The van der Waals surface area contributed by atoms with Gasteiger partial charge in [-0.1, -0.05) is 72.8 Å². The van der Waals surface area contributed by atoms with Gasteiger partial charge in [-0.15, -0.1) is 0 Å². The summed E-state index contributed by atoms with van der Waals surface area (Å²) in [4.78, 5) is 29.2. The third-order valence-corrected chi connectivity index (χ3v) is 10.0. The van der Waals surface area contributed by atoms with Crippen molar-refractivity contribution in [1.82, 2.24) is 10.2 Å². The minimum absolute atomic E-state index is 0.00587. The molecular formula is C31H34Cl3N3O4S. The fourth-order valence-electron chi connectivity index (χ4n) is 5.17. The summed E-state index contributed by atoms with van der Waals surface area (Å²) >= 11 is 18.6. The maximum absolute atomic E-state index is 14.2. The lowest BCUT2D eigenvalue weighted by Gasteiger charge is -2.34. The number of nitrogens with one attached hydrogen (secondary N) is 1. The van der Waals surface area contributed by atoms with Crippen LogP contribution in [-0.4, -0.2) is 43.8 Å². The van der Waals surface area contributed by atoms with E-state index in [1.165, 1.54) is 29.2 Å². The average molecular weight is 651 g/mol. The molecule has 224 valence electrons. The number of sulfonamides is 1. The molecule has 1 fully saturated rings. The number of nitrogens with zero attached hydrogens (tertiary/aromatic N) is 2. The normalized spacial score (nSPS) is 14.4. The first-order valence-corrected chi connectivity index (χ1v) is 16.5. The van der Waals surface area contributed by atoms with Crippen molar-refractivity contribution >= 4 is 62.3 Å². The molecule has 0 heterocycles. The predicted octanol–water partition coefficient (Wildman–Crippen LogP) is 7.02. The zero-order valence-corrected chi connectivity index (χ0v) is 26.6. The van der Waals surface area contributed by atoms with Crippen LogP contribution in [-0.2, 0) is 26.2 Å². The molecule has 1 atom stereocenters. The Kier molecular flexibility index (Phi) is 10.8. The monoisotopic (exact) mass is 649 g/mol. The van der Waals surface area contributed by atoms with Gasteiger partial charge in [0.25, 0.3) is 10.0 Å². The SMILES string of the molecule is CC[C@@H](C(=O)NC1CCCC1)N(Cc1ccc(Cl)cc1Cl)C(=O)CN(c1cccc(C)c1)S(=O)(=O)c1ccc(Cl)cc1. The number of hydrogen-bond acceptors (Lipinski definition) is 4. The highest BCUT2D eigenvalue weighted by Gasteiger charge is 2.35. The zero-order valence-electron chi connectivity index (χ0n) is 23.5. The van der Waals surface area contributed by atoms with Crippen LogP contribution in [0.4, 0.5) is 5.69 Å². The van der Waals surface area contributed by atoms with Crippen LogP contribution < -0.4 is 9.62 Å². The third-order valence-electron chi connectivity index (χ3n) is 7.41. The maximum atomic E-state index is 14.2. The van der Waals surface area contributed by atoms with Gasteiger partial charge >= 0.3 is 0 Å². The van der Waals surface area contributed by atoms with E-state index < -0.39 is 28.5 Å². The quantitative estimate of drug-likeness (QED) is 0.242. The van der Waals surface area contributed by atoms with E-state index in [2.05, 4.69) is 5.32 Å². The van der Waals surface area contributed by atoms with Crippen LogP contribution in [0.5, 0.6) is 0 Å². The molecule has 1 saturated carbocycles. The van der Waals surface area contributed by atoms with Crippen molar-refractivity contribution in [3.05, 3.63) is 92.9 Å². The van der Waals surface area contributed by atoms with Crippen LogP contribution in [0, 0.1) is 6.92 Å². The Morgan fingerprint density at radius 1 is 0.952 bits per heavy atom. The van der Waals surface area contributed by atoms with Gasteiger partial charge in [0.05, 0.1) is 10.6 Å². The number of halogens is 3. The van der Waals surface area contributed by atoms with E-state index in [0.29, 0.717) is 32.7 Å². The number of anilines is 1. The van der Waals surface area contributed by atoms with E-state index in [1.807, 2.05) is 19.9 Å². The molecule has 0 bridgehead atoms. The number of rotatable bonds is 11. The van der Waals surface area contributed by atoms with Gasteiger partial charge in [-0.25, -0.2) is 8.42 Å². The lowest BCUT2D eigenvalue weighted by atomic mass is 10.1. The van der Waals surface area contributed by atoms with Crippen molar-refractivity contribution in [3.63, 3.8) is 0 Å². The van der Waals surface area contributed by atoms with Gasteiger partial charge < -0.3 is 10.2 Å². The van der Waals surface area contributed by atoms with Gasteiger partial charge in [-0.2, -0.15) is 0 Å². The molecule has 3 aromatic carbocycles. The van der Waals surface area contributed by atoms with Gasteiger partial charge in [0, 0.05) is 27.7 Å². The molecule has 1 aliphatic carbocycles. The Morgan fingerprint density at radius 3 is 2.24 bits per heavy atom. The van der Waals surface area contributed by atoms with E-state index in [1.54, 1.807) is 36.4 Å². The summed E-state index contributed by atoms with van der Waals surface area (Å²) in [5, 5.41) is 4.26. The Morgan fingerprint density at radius 2 is 1.62 bits per heavy atom. The third kappa shape index (κ3) is 7.78. The van der Waals surface area contributed by atoms with Crippen molar-refractivity contribution in [2.75, 3.05) is 10.8 Å². The Balaban J connectivity index is 1.73. The van der Waals surface area contributed by atoms with Crippen LogP contribution >= 0.6 is 34.8 Å². The van der Waals surface area contributed by atoms with Crippen LogP contribution in [0.1, 0.15) is 50.2 Å². The van der Waals surface area contributed by atoms with E-state index in [4.69, 9.17) is 34.8 Å². The summed E-state index contributed by atoms with van der Waals surface area (Å²) in [5.41, 5.74) is 1.74. The molecule has 3 aromatic rings. The fraction of sp³-hybridized carbons (Fsp3) is 0.355. The lowest BCUT2D eigenvalue weighted by molar-refractivity contribution is -0.140. The molecule has 42 heavy (non-hydrogen) atoms. The second kappa shape index (κ2) is 14.1. The summed E-state index contributed by atoms with van der Waals surface area (Å²) < 4.78 is 29.0. The van der Waals surface area contributed by atoms with E-state index in [0.717, 1.165) is 35.6 Å². The fourth-order valence-corrected chi connectivity index (χ4v) is 7.17. The summed E-state index contributed by atoms with van der Waals surface area (Å²) in [6, 6.07) is 16.8. The molecule has 1 aliphatic rings. The number of carbonyl (C=O) groups is 2. The van der Waals surface area contributed by atoms with Crippen LogP contribution in [0.15, 0.2) is 71.6 Å². The first-order chi connectivity index (χ1) is 20.0. The van der Waals surface area contributed by atoms with Crippen LogP contribution in [0.2, 0.25) is 15.1 Å². The van der Waals surface area contributed by atoms with Gasteiger partial charge in [-0.05, 0) is 85.8 Å². The highest BCUT2D eigenvalue weighted by atomic mass is 35.5. The second-order valence-electron chi connectivity index (χ2n) is 10.5. The minimum atomic E-state index is -4.19. The topological polar surface area (TPSA) is 86.8 Å². The Hall–Kier alpha value is -2.78. The summed E-state index contributed by atoms with van der Waals surface area (Å²) in [7, 11) is -4.19. The lowest BCUT2D eigenvalue weighted by Crippen LogP contribution is -2.53.